The second-order valence-electron chi connectivity index (χ2n) is 4.49. The largest absolute Gasteiger partial charge is 0.434 e. The summed E-state index contributed by atoms with van der Waals surface area (Å²) in [4.78, 5) is 0. The van der Waals surface area contributed by atoms with Crippen molar-refractivity contribution < 1.29 is 13.5 Å². The molecule has 2 atom stereocenters. The standard InChI is InChI=1S/C13H18F2N2O/c1-9(17-10-6-7-16-8-10)11-4-2-3-5-12(11)18-13(14)15/h2-5,9-10,13,16-17H,6-8H2,1H3. The van der Waals surface area contributed by atoms with Crippen LogP contribution in [0, 0.1) is 0 Å². The molecule has 0 aliphatic carbocycles. The SMILES string of the molecule is CC(NC1CCNC1)c1ccccc1OC(F)F. The Morgan fingerprint density at radius 3 is 2.83 bits per heavy atom. The van der Waals surface area contributed by atoms with Crippen LogP contribution in [0.1, 0.15) is 24.9 Å². The van der Waals surface area contributed by atoms with Gasteiger partial charge in [-0.25, -0.2) is 0 Å². The summed E-state index contributed by atoms with van der Waals surface area (Å²) in [5, 5.41) is 6.68. The summed E-state index contributed by atoms with van der Waals surface area (Å²) in [7, 11) is 0. The number of halogens is 2. The molecule has 1 saturated heterocycles. The summed E-state index contributed by atoms with van der Waals surface area (Å²) in [6.45, 7) is 1.10. The Morgan fingerprint density at radius 2 is 2.17 bits per heavy atom. The quantitative estimate of drug-likeness (QED) is 0.848. The minimum Gasteiger partial charge on any atom is -0.434 e. The highest BCUT2D eigenvalue weighted by Gasteiger charge is 2.20. The van der Waals surface area contributed by atoms with Crippen LogP contribution in [0.5, 0.6) is 5.75 Å². The van der Waals surface area contributed by atoms with E-state index in [9.17, 15) is 8.78 Å². The van der Waals surface area contributed by atoms with E-state index in [0.29, 0.717) is 6.04 Å². The summed E-state index contributed by atoms with van der Waals surface area (Å²) < 4.78 is 29.2. The van der Waals surface area contributed by atoms with Crippen molar-refractivity contribution in [2.45, 2.75) is 32.0 Å². The molecule has 1 heterocycles. The number of rotatable bonds is 5. The van der Waals surface area contributed by atoms with E-state index in [1.54, 1.807) is 12.1 Å². The van der Waals surface area contributed by atoms with Gasteiger partial charge in [-0.1, -0.05) is 18.2 Å². The van der Waals surface area contributed by atoms with E-state index in [2.05, 4.69) is 15.4 Å². The molecule has 0 radical (unpaired) electrons. The van der Waals surface area contributed by atoms with Crippen molar-refractivity contribution in [1.29, 1.82) is 0 Å². The molecule has 2 N–H and O–H groups in total. The lowest BCUT2D eigenvalue weighted by molar-refractivity contribution is -0.0506. The van der Waals surface area contributed by atoms with Gasteiger partial charge in [-0.05, 0) is 26.0 Å². The normalized spacial score (nSPS) is 21.2. The first-order valence-electron chi connectivity index (χ1n) is 6.17. The van der Waals surface area contributed by atoms with E-state index in [0.717, 1.165) is 25.1 Å². The molecule has 2 unspecified atom stereocenters. The molecule has 1 aliphatic rings. The molecule has 3 nitrogen and oxygen atoms in total. The lowest BCUT2D eigenvalue weighted by Gasteiger charge is -2.21. The predicted octanol–water partition coefficient (Wildman–Crippen LogP) is 2.30. The molecule has 1 aromatic rings. The van der Waals surface area contributed by atoms with Gasteiger partial charge in [0, 0.05) is 24.2 Å². The fourth-order valence-corrected chi connectivity index (χ4v) is 2.28. The Hall–Kier alpha value is -1.20. The van der Waals surface area contributed by atoms with E-state index in [1.165, 1.54) is 0 Å². The number of alkyl halides is 2. The maximum absolute atomic E-state index is 12.3. The smallest absolute Gasteiger partial charge is 0.387 e. The lowest BCUT2D eigenvalue weighted by atomic mass is 10.1. The summed E-state index contributed by atoms with van der Waals surface area (Å²) in [5.41, 5.74) is 0.768. The van der Waals surface area contributed by atoms with Gasteiger partial charge in [0.05, 0.1) is 0 Å². The van der Waals surface area contributed by atoms with Gasteiger partial charge in [-0.3, -0.25) is 0 Å². The average molecular weight is 256 g/mol. The molecule has 0 amide bonds. The monoisotopic (exact) mass is 256 g/mol. The van der Waals surface area contributed by atoms with Gasteiger partial charge in [0.1, 0.15) is 5.75 Å². The van der Waals surface area contributed by atoms with Crippen LogP contribution in [-0.4, -0.2) is 25.7 Å². The maximum Gasteiger partial charge on any atom is 0.387 e. The molecule has 0 bridgehead atoms. The Morgan fingerprint density at radius 1 is 1.39 bits per heavy atom. The van der Waals surface area contributed by atoms with Gasteiger partial charge >= 0.3 is 6.61 Å². The molecule has 1 aliphatic heterocycles. The van der Waals surface area contributed by atoms with Crippen LogP contribution in [0.25, 0.3) is 0 Å². The molecule has 1 aromatic carbocycles. The second kappa shape index (κ2) is 6.11. The summed E-state index contributed by atoms with van der Waals surface area (Å²) in [6, 6.07) is 7.30. The second-order valence-corrected chi connectivity index (χ2v) is 4.49. The first kappa shape index (κ1) is 13.2. The van der Waals surface area contributed by atoms with Crippen molar-refractivity contribution in [3.05, 3.63) is 29.8 Å². The topological polar surface area (TPSA) is 33.3 Å². The van der Waals surface area contributed by atoms with Gasteiger partial charge in [-0.2, -0.15) is 8.78 Å². The van der Waals surface area contributed by atoms with Crippen LogP contribution in [0.3, 0.4) is 0 Å². The van der Waals surface area contributed by atoms with Crippen LogP contribution in [0.4, 0.5) is 8.78 Å². The third-order valence-electron chi connectivity index (χ3n) is 3.15. The number of hydrogen-bond acceptors (Lipinski definition) is 3. The lowest BCUT2D eigenvalue weighted by Crippen LogP contribution is -2.33. The Balaban J connectivity index is 2.05. The van der Waals surface area contributed by atoms with E-state index in [1.807, 2.05) is 19.1 Å². The molecule has 18 heavy (non-hydrogen) atoms. The highest BCUT2D eigenvalue weighted by molar-refractivity contribution is 5.35. The number of ether oxygens (including phenoxy) is 1. The number of benzene rings is 1. The predicted molar refractivity (Wildman–Crippen MR) is 65.9 cm³/mol. The zero-order chi connectivity index (χ0) is 13.0. The number of nitrogens with one attached hydrogen (secondary N) is 2. The zero-order valence-corrected chi connectivity index (χ0v) is 10.3. The highest BCUT2D eigenvalue weighted by atomic mass is 19.3. The first-order chi connectivity index (χ1) is 8.66. The molecular formula is C13H18F2N2O. The fraction of sp³-hybridized carbons (Fsp3) is 0.538. The van der Waals surface area contributed by atoms with Crippen LogP contribution < -0.4 is 15.4 Å². The highest BCUT2D eigenvalue weighted by Crippen LogP contribution is 2.26. The molecular weight excluding hydrogens is 238 g/mol. The molecule has 0 saturated carbocycles. The minimum atomic E-state index is -2.79. The summed E-state index contributed by atoms with van der Waals surface area (Å²) >= 11 is 0. The van der Waals surface area contributed by atoms with Crippen LogP contribution in [0.15, 0.2) is 24.3 Å². The van der Waals surface area contributed by atoms with Gasteiger partial charge in [0.15, 0.2) is 0 Å². The van der Waals surface area contributed by atoms with Gasteiger partial charge in [0.2, 0.25) is 0 Å². The van der Waals surface area contributed by atoms with Gasteiger partial charge in [0.25, 0.3) is 0 Å². The van der Waals surface area contributed by atoms with Gasteiger partial charge < -0.3 is 15.4 Å². The third-order valence-corrected chi connectivity index (χ3v) is 3.15. The van der Waals surface area contributed by atoms with Crippen molar-refractivity contribution in [1.82, 2.24) is 10.6 Å². The van der Waals surface area contributed by atoms with Crippen LogP contribution in [0.2, 0.25) is 0 Å². The van der Waals surface area contributed by atoms with Crippen molar-refractivity contribution >= 4 is 0 Å². The van der Waals surface area contributed by atoms with E-state index >= 15 is 0 Å². The maximum atomic E-state index is 12.3. The van der Waals surface area contributed by atoms with Crippen molar-refractivity contribution in [2.75, 3.05) is 13.1 Å². The third kappa shape index (κ3) is 3.40. The van der Waals surface area contributed by atoms with Gasteiger partial charge in [-0.15, -0.1) is 0 Å². The molecule has 0 spiro atoms. The Bertz CT molecular complexity index is 381. The average Bonchev–Trinajstić information content (AvgIpc) is 2.81. The number of hydrogen-bond donors (Lipinski definition) is 2. The van der Waals surface area contributed by atoms with Crippen LogP contribution >= 0.6 is 0 Å². The number of para-hydroxylation sites is 1. The zero-order valence-electron chi connectivity index (χ0n) is 10.3. The molecule has 5 heteroatoms. The van der Waals surface area contributed by atoms with E-state index in [4.69, 9.17) is 0 Å². The molecule has 0 aromatic heterocycles. The Labute approximate surface area is 106 Å². The first-order valence-corrected chi connectivity index (χ1v) is 6.17. The summed E-state index contributed by atoms with van der Waals surface area (Å²) in [5.74, 6) is 0.249. The van der Waals surface area contributed by atoms with Crippen molar-refractivity contribution in [3.8, 4) is 5.75 Å². The van der Waals surface area contributed by atoms with E-state index < -0.39 is 6.61 Å². The summed E-state index contributed by atoms with van der Waals surface area (Å²) in [6.07, 6.45) is 1.06. The van der Waals surface area contributed by atoms with Crippen molar-refractivity contribution in [2.24, 2.45) is 0 Å². The van der Waals surface area contributed by atoms with Crippen LogP contribution in [-0.2, 0) is 0 Å². The molecule has 1 fully saturated rings. The molecule has 2 rings (SSSR count). The Kier molecular flexibility index (Phi) is 4.49. The molecule has 100 valence electrons. The van der Waals surface area contributed by atoms with Crippen molar-refractivity contribution in [3.63, 3.8) is 0 Å². The minimum absolute atomic E-state index is 0.00940. The van der Waals surface area contributed by atoms with E-state index in [-0.39, 0.29) is 11.8 Å². The fourth-order valence-electron chi connectivity index (χ4n) is 2.28.